The number of piperidine rings is 1. The molecule has 10 heteroatoms. The second-order valence-corrected chi connectivity index (χ2v) is 11.8. The van der Waals surface area contributed by atoms with Crippen LogP contribution in [0.4, 0.5) is 13.2 Å². The molecule has 2 aliphatic heterocycles. The number of hydrogen-bond donors (Lipinski definition) is 1. The first-order valence-corrected chi connectivity index (χ1v) is 12.9. The fourth-order valence-electron chi connectivity index (χ4n) is 5.15. The number of nitrogens with one attached hydrogen (secondary N) is 1. The van der Waals surface area contributed by atoms with Crippen LogP contribution in [-0.4, -0.2) is 50.6 Å². The minimum Gasteiger partial charge on any atom is -0.370 e. The van der Waals surface area contributed by atoms with Gasteiger partial charge in [0.15, 0.2) is 0 Å². The van der Waals surface area contributed by atoms with Crippen molar-refractivity contribution in [3.05, 3.63) is 21.4 Å². The second-order valence-electron chi connectivity index (χ2n) is 8.90. The first-order valence-electron chi connectivity index (χ1n) is 10.6. The average Bonchev–Trinajstić information content (AvgIpc) is 3.06. The maximum absolute atomic E-state index is 12.5. The normalized spacial score (nSPS) is 32.8. The van der Waals surface area contributed by atoms with E-state index >= 15 is 0 Å². The number of thiophene rings is 1. The van der Waals surface area contributed by atoms with E-state index in [4.69, 9.17) is 4.74 Å². The Bertz CT molecular complexity index is 880. The summed E-state index contributed by atoms with van der Waals surface area (Å²) in [4.78, 5) is 5.24. The first-order chi connectivity index (χ1) is 14.0. The third kappa shape index (κ3) is 4.18. The van der Waals surface area contributed by atoms with E-state index in [1.165, 1.54) is 15.3 Å². The van der Waals surface area contributed by atoms with Crippen LogP contribution in [0.25, 0.3) is 0 Å². The number of sulfonamides is 1. The molecule has 3 heterocycles. The fourth-order valence-corrected chi connectivity index (χ4v) is 7.09. The van der Waals surface area contributed by atoms with E-state index in [1.807, 2.05) is 11.3 Å². The molecule has 30 heavy (non-hydrogen) atoms. The van der Waals surface area contributed by atoms with Crippen LogP contribution in [0, 0.1) is 5.92 Å². The summed E-state index contributed by atoms with van der Waals surface area (Å²) < 4.78 is 68.1. The van der Waals surface area contributed by atoms with E-state index in [-0.39, 0.29) is 11.5 Å². The molecule has 0 unspecified atom stereocenters. The highest BCUT2D eigenvalue weighted by molar-refractivity contribution is 7.90. The second kappa shape index (κ2) is 8.03. The number of likely N-dealkylation sites (tertiary alicyclic amines) is 1. The van der Waals surface area contributed by atoms with Gasteiger partial charge in [0.2, 0.25) is 0 Å². The van der Waals surface area contributed by atoms with Crippen molar-refractivity contribution >= 4 is 21.4 Å². The van der Waals surface area contributed by atoms with Crippen molar-refractivity contribution in [2.75, 3.05) is 19.7 Å². The van der Waals surface area contributed by atoms with Gasteiger partial charge in [-0.15, -0.1) is 11.3 Å². The Balaban J connectivity index is 1.32. The van der Waals surface area contributed by atoms with E-state index in [9.17, 15) is 21.6 Å². The number of alkyl halides is 3. The molecular formula is C20H29F3N2O3S2. The summed E-state index contributed by atoms with van der Waals surface area (Å²) >= 11 is 1.90. The van der Waals surface area contributed by atoms with Gasteiger partial charge in [0.25, 0.3) is 0 Å². The molecule has 0 radical (unpaired) electrons. The molecule has 3 aliphatic rings. The van der Waals surface area contributed by atoms with Crippen LogP contribution in [0.3, 0.4) is 0 Å². The largest absolute Gasteiger partial charge is 0.511 e. The Labute approximate surface area is 180 Å². The predicted octanol–water partition coefficient (Wildman–Crippen LogP) is 3.78. The fraction of sp³-hybridized carbons (Fsp3) is 0.800. The van der Waals surface area contributed by atoms with Crippen molar-refractivity contribution in [2.45, 2.75) is 75.6 Å². The minimum absolute atomic E-state index is 0.210. The Kier molecular flexibility index (Phi) is 6.02. The third-order valence-electron chi connectivity index (χ3n) is 6.81. The number of aryl methyl sites for hydroxylation is 1. The molecule has 2 fully saturated rings. The lowest BCUT2D eigenvalue weighted by Gasteiger charge is -2.49. The van der Waals surface area contributed by atoms with Gasteiger partial charge in [-0.2, -0.15) is 13.2 Å². The van der Waals surface area contributed by atoms with Gasteiger partial charge in [-0.1, -0.05) is 6.92 Å². The Morgan fingerprint density at radius 2 is 2.10 bits per heavy atom. The van der Waals surface area contributed by atoms with Gasteiger partial charge in [-0.25, -0.2) is 13.1 Å². The number of nitrogens with zero attached hydrogens (tertiary/aromatic N) is 1. The predicted molar refractivity (Wildman–Crippen MR) is 110 cm³/mol. The number of ether oxygens (including phenoxy) is 1. The average molecular weight is 467 g/mol. The molecule has 0 amide bonds. The zero-order valence-electron chi connectivity index (χ0n) is 17.3. The number of rotatable bonds is 5. The van der Waals surface area contributed by atoms with Crippen LogP contribution in [-0.2, 0) is 33.2 Å². The summed E-state index contributed by atoms with van der Waals surface area (Å²) in [5.74, 6) is 0.220. The van der Waals surface area contributed by atoms with E-state index in [1.54, 1.807) is 4.72 Å². The van der Waals surface area contributed by atoms with Crippen LogP contribution in [0.15, 0.2) is 6.07 Å². The summed E-state index contributed by atoms with van der Waals surface area (Å²) in [6.07, 6.45) is 4.76. The molecule has 1 aromatic heterocycles. The number of hydrogen-bond acceptors (Lipinski definition) is 5. The quantitative estimate of drug-likeness (QED) is 0.718. The maximum atomic E-state index is 12.5. The summed E-state index contributed by atoms with van der Waals surface area (Å²) in [6.45, 7) is 6.80. The van der Waals surface area contributed by atoms with Crippen molar-refractivity contribution in [3.63, 3.8) is 0 Å². The Hall–Kier alpha value is -0.680. The molecule has 0 bridgehead atoms. The molecule has 1 spiro atoms. The van der Waals surface area contributed by atoms with Crippen LogP contribution >= 0.6 is 11.3 Å². The maximum Gasteiger partial charge on any atom is 0.511 e. The van der Waals surface area contributed by atoms with Crippen LogP contribution in [0.2, 0.25) is 0 Å². The van der Waals surface area contributed by atoms with Crippen molar-refractivity contribution in [3.8, 4) is 0 Å². The molecule has 5 nitrogen and oxygen atoms in total. The molecule has 1 saturated carbocycles. The van der Waals surface area contributed by atoms with E-state index in [0.29, 0.717) is 18.9 Å². The smallest absolute Gasteiger partial charge is 0.370 e. The van der Waals surface area contributed by atoms with Crippen molar-refractivity contribution in [1.82, 2.24) is 9.62 Å². The lowest BCUT2D eigenvalue weighted by atomic mass is 9.77. The van der Waals surface area contributed by atoms with Crippen LogP contribution < -0.4 is 4.72 Å². The number of fused-ring (bicyclic) bond motifs is 2. The molecule has 1 aromatic rings. The van der Waals surface area contributed by atoms with E-state index in [0.717, 1.165) is 45.4 Å². The first kappa shape index (κ1) is 22.5. The standard InChI is InChI=1S/C20H29F3N2O3S2/c1-3-16-10-17-18(29-16)4-7-28-19(17)5-6-25(13(2)11-19)12-14-8-15(9-14)24-30(26,27)20(21,22)23/h10,13-15,24H,3-9,11-12H2,1-2H3/t13-,14-,15+,19+/m0/s1. The summed E-state index contributed by atoms with van der Waals surface area (Å²) in [5, 5.41) is 0. The van der Waals surface area contributed by atoms with Gasteiger partial charge in [-0.05, 0) is 56.6 Å². The highest BCUT2D eigenvalue weighted by atomic mass is 32.2. The molecule has 1 N–H and O–H groups in total. The lowest BCUT2D eigenvalue weighted by molar-refractivity contribution is -0.114. The van der Waals surface area contributed by atoms with Crippen LogP contribution in [0.5, 0.6) is 0 Å². The molecular weight excluding hydrogens is 437 g/mol. The zero-order chi connectivity index (χ0) is 21.7. The molecule has 1 saturated heterocycles. The zero-order valence-corrected chi connectivity index (χ0v) is 18.9. The van der Waals surface area contributed by atoms with Crippen molar-refractivity contribution in [1.29, 1.82) is 0 Å². The van der Waals surface area contributed by atoms with Gasteiger partial charge in [0.05, 0.1) is 12.2 Å². The van der Waals surface area contributed by atoms with Gasteiger partial charge < -0.3 is 9.64 Å². The topological polar surface area (TPSA) is 58.6 Å². The van der Waals surface area contributed by atoms with E-state index in [2.05, 4.69) is 24.8 Å². The lowest BCUT2D eigenvalue weighted by Crippen LogP contribution is -2.55. The summed E-state index contributed by atoms with van der Waals surface area (Å²) in [6, 6.07) is 2.02. The SMILES string of the molecule is CCc1cc2c(s1)CCO[C@@]21CCN(C[C@H]2C[C@@H](NS(=O)(=O)C(F)(F)F)C2)[C@@H](C)C1. The van der Waals surface area contributed by atoms with Gasteiger partial charge in [0, 0.05) is 41.3 Å². The van der Waals surface area contributed by atoms with Crippen molar-refractivity contribution < 1.29 is 26.3 Å². The highest BCUT2D eigenvalue weighted by Gasteiger charge is 2.49. The minimum atomic E-state index is -5.25. The van der Waals surface area contributed by atoms with Crippen LogP contribution in [0.1, 0.15) is 54.8 Å². The molecule has 1 aliphatic carbocycles. The number of halogens is 3. The molecule has 4 rings (SSSR count). The monoisotopic (exact) mass is 466 g/mol. The van der Waals surface area contributed by atoms with Gasteiger partial charge in [0.1, 0.15) is 0 Å². The van der Waals surface area contributed by atoms with E-state index < -0.39 is 21.6 Å². The van der Waals surface area contributed by atoms with Gasteiger partial charge in [-0.3, -0.25) is 0 Å². The molecule has 0 aromatic carbocycles. The Morgan fingerprint density at radius 1 is 1.37 bits per heavy atom. The highest BCUT2D eigenvalue weighted by Crippen LogP contribution is 2.46. The third-order valence-corrected chi connectivity index (χ3v) is 9.41. The molecule has 170 valence electrons. The van der Waals surface area contributed by atoms with Crippen molar-refractivity contribution in [2.24, 2.45) is 5.92 Å². The summed E-state index contributed by atoms with van der Waals surface area (Å²) in [5.41, 5.74) is -4.09. The molecule has 2 atom stereocenters. The van der Waals surface area contributed by atoms with Gasteiger partial charge >= 0.3 is 15.5 Å². The summed E-state index contributed by atoms with van der Waals surface area (Å²) in [7, 11) is -5.25. The Morgan fingerprint density at radius 3 is 2.73 bits per heavy atom.